The fraction of sp³-hybridized carbons (Fsp3) is 0.909. The molecule has 0 heterocycles. The highest BCUT2D eigenvalue weighted by Crippen LogP contribution is 2.21. The van der Waals surface area contributed by atoms with Crippen LogP contribution in [0.15, 0.2) is 0 Å². The Balaban J connectivity index is 4.25. The predicted molar refractivity (Wildman–Crippen MR) is 56.5 cm³/mol. The molecule has 0 bridgehead atoms. The van der Waals surface area contributed by atoms with Crippen LogP contribution < -0.4 is 0 Å². The molecule has 2 heteroatoms. The van der Waals surface area contributed by atoms with Crippen LogP contribution in [0.4, 0.5) is 0 Å². The Kier molecular flexibility index (Phi) is 5.04. The smallest absolute Gasteiger partial charge is 0.225 e. The molecule has 0 N–H and O–H groups in total. The normalized spacial score (nSPS) is 15.6. The van der Waals surface area contributed by atoms with Crippen molar-refractivity contribution in [3.8, 4) is 0 Å². The first kappa shape index (κ1) is 12.5. The van der Waals surface area contributed by atoms with Gasteiger partial charge in [-0.1, -0.05) is 27.7 Å². The molecule has 0 aromatic carbocycles. The number of rotatable bonds is 4. The third-order valence-electron chi connectivity index (χ3n) is 3.08. The summed E-state index contributed by atoms with van der Waals surface area (Å²) in [5.74, 6) is 1.44. The van der Waals surface area contributed by atoms with Crippen LogP contribution in [-0.4, -0.2) is 24.4 Å². The molecule has 0 aromatic heterocycles. The quantitative estimate of drug-likeness (QED) is 0.658. The molecular weight excluding hydrogens is 162 g/mol. The van der Waals surface area contributed by atoms with E-state index in [-0.39, 0.29) is 11.8 Å². The lowest BCUT2D eigenvalue weighted by Gasteiger charge is -2.26. The zero-order valence-corrected chi connectivity index (χ0v) is 9.79. The minimum absolute atomic E-state index is 0.143. The third-order valence-corrected chi connectivity index (χ3v) is 3.08. The summed E-state index contributed by atoms with van der Waals surface area (Å²) in [4.78, 5) is 13.5. The Hall–Kier alpha value is -0.530. The van der Waals surface area contributed by atoms with E-state index in [1.54, 1.807) is 4.90 Å². The summed E-state index contributed by atoms with van der Waals surface area (Å²) in [6.07, 6.45) is 0. The van der Waals surface area contributed by atoms with Gasteiger partial charge in [0.2, 0.25) is 5.91 Å². The Morgan fingerprint density at radius 3 is 2.00 bits per heavy atom. The Labute approximate surface area is 82.3 Å². The maximum absolute atomic E-state index is 11.7. The molecule has 78 valence electrons. The number of hydrogen-bond donors (Lipinski definition) is 0. The summed E-state index contributed by atoms with van der Waals surface area (Å²) >= 11 is 0. The van der Waals surface area contributed by atoms with Crippen LogP contribution in [0.1, 0.15) is 34.6 Å². The third kappa shape index (κ3) is 3.37. The van der Waals surface area contributed by atoms with Gasteiger partial charge < -0.3 is 4.90 Å². The van der Waals surface area contributed by atoms with Crippen LogP contribution in [0, 0.1) is 17.8 Å². The molecule has 0 fully saturated rings. The van der Waals surface area contributed by atoms with Crippen LogP contribution in [0.5, 0.6) is 0 Å². The summed E-state index contributed by atoms with van der Waals surface area (Å²) in [5.41, 5.74) is 0. The Morgan fingerprint density at radius 1 is 1.23 bits per heavy atom. The summed E-state index contributed by atoms with van der Waals surface area (Å²) in [6, 6.07) is 0. The second-order valence-electron chi connectivity index (χ2n) is 4.24. The fourth-order valence-corrected chi connectivity index (χ4v) is 1.31. The Morgan fingerprint density at radius 2 is 1.69 bits per heavy atom. The summed E-state index contributed by atoms with van der Waals surface area (Å²) in [6.45, 7) is 11.3. The van der Waals surface area contributed by atoms with Crippen molar-refractivity contribution in [1.29, 1.82) is 0 Å². The fourth-order valence-electron chi connectivity index (χ4n) is 1.31. The van der Waals surface area contributed by atoms with Crippen LogP contribution in [0.3, 0.4) is 0 Å². The van der Waals surface area contributed by atoms with Crippen LogP contribution in [0.2, 0.25) is 0 Å². The van der Waals surface area contributed by atoms with Crippen molar-refractivity contribution < 1.29 is 4.79 Å². The average Bonchev–Trinajstić information content (AvgIpc) is 2.12. The van der Waals surface area contributed by atoms with Crippen LogP contribution in [-0.2, 0) is 4.79 Å². The lowest BCUT2D eigenvalue weighted by molar-refractivity contribution is -0.135. The van der Waals surface area contributed by atoms with Gasteiger partial charge >= 0.3 is 0 Å². The van der Waals surface area contributed by atoms with E-state index in [4.69, 9.17) is 0 Å². The second-order valence-corrected chi connectivity index (χ2v) is 4.24. The first-order chi connectivity index (χ1) is 5.91. The van der Waals surface area contributed by atoms with E-state index in [0.29, 0.717) is 11.8 Å². The lowest BCUT2D eigenvalue weighted by atomic mass is 9.85. The molecule has 2 nitrogen and oxygen atoms in total. The molecule has 0 saturated heterocycles. The van der Waals surface area contributed by atoms with Gasteiger partial charge in [-0.2, -0.15) is 0 Å². The molecule has 0 aromatic rings. The van der Waals surface area contributed by atoms with Crippen molar-refractivity contribution in [3.63, 3.8) is 0 Å². The minimum atomic E-state index is 0.143. The van der Waals surface area contributed by atoms with E-state index >= 15 is 0 Å². The highest BCUT2D eigenvalue weighted by atomic mass is 16.2. The van der Waals surface area contributed by atoms with Gasteiger partial charge in [-0.15, -0.1) is 0 Å². The maximum Gasteiger partial charge on any atom is 0.225 e. The molecule has 2 unspecified atom stereocenters. The predicted octanol–water partition coefficient (Wildman–Crippen LogP) is 2.39. The summed E-state index contributed by atoms with van der Waals surface area (Å²) in [5, 5.41) is 0. The lowest BCUT2D eigenvalue weighted by Crippen LogP contribution is -2.35. The number of nitrogens with zero attached hydrogens (tertiary/aromatic N) is 1. The largest absolute Gasteiger partial charge is 0.346 e. The number of hydrogen-bond acceptors (Lipinski definition) is 1. The van der Waals surface area contributed by atoms with Gasteiger partial charge in [-0.3, -0.25) is 4.79 Å². The topological polar surface area (TPSA) is 20.3 Å². The van der Waals surface area contributed by atoms with Gasteiger partial charge in [0, 0.05) is 19.5 Å². The molecule has 0 rings (SSSR count). The molecule has 0 radical (unpaired) electrons. The standard InChI is InChI=1S/C11H23NO/c1-7-12(6)11(13)10(5)9(4)8(2)3/h8-10H,7H2,1-6H3. The van der Waals surface area contributed by atoms with Gasteiger partial charge in [-0.05, 0) is 18.8 Å². The molecule has 0 saturated carbocycles. The number of carbonyl (C=O) groups excluding carboxylic acids is 1. The van der Waals surface area contributed by atoms with Crippen molar-refractivity contribution in [2.24, 2.45) is 17.8 Å². The van der Waals surface area contributed by atoms with Crippen LogP contribution >= 0.6 is 0 Å². The van der Waals surface area contributed by atoms with E-state index in [1.165, 1.54) is 0 Å². The zero-order chi connectivity index (χ0) is 10.6. The summed E-state index contributed by atoms with van der Waals surface area (Å²) < 4.78 is 0. The van der Waals surface area contributed by atoms with Gasteiger partial charge in [0.15, 0.2) is 0 Å². The molecular formula is C11H23NO. The van der Waals surface area contributed by atoms with Crippen molar-refractivity contribution in [1.82, 2.24) is 4.90 Å². The van der Waals surface area contributed by atoms with Crippen molar-refractivity contribution in [2.75, 3.05) is 13.6 Å². The number of carbonyl (C=O) groups is 1. The van der Waals surface area contributed by atoms with Crippen molar-refractivity contribution in [2.45, 2.75) is 34.6 Å². The average molecular weight is 185 g/mol. The van der Waals surface area contributed by atoms with Gasteiger partial charge in [0.1, 0.15) is 0 Å². The van der Waals surface area contributed by atoms with Crippen molar-refractivity contribution >= 4 is 5.91 Å². The molecule has 0 aliphatic heterocycles. The molecule has 13 heavy (non-hydrogen) atoms. The number of amides is 1. The van der Waals surface area contributed by atoms with E-state index in [9.17, 15) is 4.79 Å². The molecule has 2 atom stereocenters. The highest BCUT2D eigenvalue weighted by molar-refractivity contribution is 5.78. The van der Waals surface area contributed by atoms with Crippen LogP contribution in [0.25, 0.3) is 0 Å². The SMILES string of the molecule is CCN(C)C(=O)C(C)C(C)C(C)C. The van der Waals surface area contributed by atoms with E-state index < -0.39 is 0 Å². The second kappa shape index (κ2) is 5.25. The molecule has 0 aliphatic carbocycles. The van der Waals surface area contributed by atoms with Crippen molar-refractivity contribution in [3.05, 3.63) is 0 Å². The highest BCUT2D eigenvalue weighted by Gasteiger charge is 2.24. The minimum Gasteiger partial charge on any atom is -0.346 e. The monoisotopic (exact) mass is 185 g/mol. The Bertz CT molecular complexity index is 165. The molecule has 1 amide bonds. The van der Waals surface area contributed by atoms with Gasteiger partial charge in [0.05, 0.1) is 0 Å². The van der Waals surface area contributed by atoms with E-state index in [2.05, 4.69) is 20.8 Å². The van der Waals surface area contributed by atoms with Gasteiger partial charge in [-0.25, -0.2) is 0 Å². The maximum atomic E-state index is 11.7. The molecule has 0 aliphatic rings. The first-order valence-corrected chi connectivity index (χ1v) is 5.16. The first-order valence-electron chi connectivity index (χ1n) is 5.16. The van der Waals surface area contributed by atoms with E-state index in [1.807, 2.05) is 20.9 Å². The van der Waals surface area contributed by atoms with Gasteiger partial charge in [0.25, 0.3) is 0 Å². The van der Waals surface area contributed by atoms with E-state index in [0.717, 1.165) is 6.54 Å². The molecule has 0 spiro atoms. The zero-order valence-electron chi connectivity index (χ0n) is 9.79. The summed E-state index contributed by atoms with van der Waals surface area (Å²) in [7, 11) is 1.87.